The van der Waals surface area contributed by atoms with Crippen LogP contribution in [-0.4, -0.2) is 23.9 Å². The van der Waals surface area contributed by atoms with Crippen molar-refractivity contribution in [1.82, 2.24) is 9.55 Å². The zero-order chi connectivity index (χ0) is 20.3. The van der Waals surface area contributed by atoms with E-state index in [1.165, 1.54) is 12.1 Å². The number of nitrogens with zero attached hydrogens (tertiary/aromatic N) is 2. The Balaban J connectivity index is 1.92. The van der Waals surface area contributed by atoms with Gasteiger partial charge in [0.25, 0.3) is 0 Å². The number of nitrogens with two attached hydrogens (primary N) is 1. The summed E-state index contributed by atoms with van der Waals surface area (Å²) in [5.41, 5.74) is 1.69. The molecule has 28 heavy (non-hydrogen) atoms. The molecule has 0 radical (unpaired) electrons. The summed E-state index contributed by atoms with van der Waals surface area (Å²) in [5.74, 6) is 0.0854. The number of carbonyl (C=O) groups is 1. The van der Waals surface area contributed by atoms with E-state index in [0.717, 1.165) is 18.4 Å². The van der Waals surface area contributed by atoms with Gasteiger partial charge in [-0.1, -0.05) is 25.5 Å². The number of halogens is 1. The Morgan fingerprint density at radius 2 is 2.00 bits per heavy atom. The number of unbranched alkanes of at least 4 members (excludes halogenated alkanes) is 1. The molecular weight excluding hydrogens is 446 g/mol. The molecule has 7 nitrogen and oxygen atoms in total. The zero-order valence-electron chi connectivity index (χ0n) is 15.3. The number of benzene rings is 2. The second-order valence-electron chi connectivity index (χ2n) is 6.28. The Hall–Kier alpha value is -2.23. The molecule has 0 spiro atoms. The van der Waals surface area contributed by atoms with Gasteiger partial charge in [-0.2, -0.15) is 0 Å². The predicted octanol–water partition coefficient (Wildman–Crippen LogP) is 3.60. The monoisotopic (exact) mass is 465 g/mol. The first kappa shape index (κ1) is 20.5. The Bertz CT molecular complexity index is 1130. The van der Waals surface area contributed by atoms with Crippen LogP contribution >= 0.6 is 15.9 Å². The number of carbonyl (C=O) groups excluding carboxylic acids is 1. The van der Waals surface area contributed by atoms with Crippen molar-refractivity contribution in [2.45, 2.75) is 37.8 Å². The average molecular weight is 466 g/mol. The highest BCUT2D eigenvalue weighted by atomic mass is 79.9. The quantitative estimate of drug-likeness (QED) is 0.536. The highest BCUT2D eigenvalue weighted by molar-refractivity contribution is 9.10. The molecule has 0 saturated carbocycles. The van der Waals surface area contributed by atoms with Crippen LogP contribution in [-0.2, 0) is 27.9 Å². The highest BCUT2D eigenvalue weighted by Gasteiger charge is 2.17. The maximum Gasteiger partial charge on any atom is 0.339 e. The van der Waals surface area contributed by atoms with E-state index in [1.807, 2.05) is 10.6 Å². The molecule has 3 rings (SSSR count). The van der Waals surface area contributed by atoms with Crippen LogP contribution in [0.4, 0.5) is 0 Å². The fourth-order valence-corrected chi connectivity index (χ4v) is 3.83. The lowest BCUT2D eigenvalue weighted by molar-refractivity contribution is 0.0457. The van der Waals surface area contributed by atoms with Gasteiger partial charge < -0.3 is 9.30 Å². The van der Waals surface area contributed by atoms with Crippen molar-refractivity contribution in [3.63, 3.8) is 0 Å². The molecule has 1 heterocycles. The van der Waals surface area contributed by atoms with Gasteiger partial charge in [0.1, 0.15) is 12.4 Å². The van der Waals surface area contributed by atoms with E-state index in [-0.39, 0.29) is 11.5 Å². The fourth-order valence-electron chi connectivity index (χ4n) is 2.85. The van der Waals surface area contributed by atoms with Crippen LogP contribution < -0.4 is 5.14 Å². The molecule has 0 aliphatic rings. The number of aryl methyl sites for hydroxylation is 1. The van der Waals surface area contributed by atoms with E-state index in [0.29, 0.717) is 27.9 Å². The Kier molecular flexibility index (Phi) is 6.17. The number of aromatic nitrogens is 2. The molecule has 2 aromatic carbocycles. The van der Waals surface area contributed by atoms with E-state index >= 15 is 0 Å². The molecule has 2 N–H and O–H groups in total. The molecule has 0 unspecified atom stereocenters. The molecule has 0 bridgehead atoms. The van der Waals surface area contributed by atoms with Crippen molar-refractivity contribution >= 4 is 43.0 Å². The molecule has 0 aliphatic heterocycles. The van der Waals surface area contributed by atoms with Gasteiger partial charge in [0, 0.05) is 11.0 Å². The molecule has 0 saturated heterocycles. The number of imidazole rings is 1. The number of fused-ring (bicyclic) bond motifs is 1. The topological polar surface area (TPSA) is 104 Å². The number of primary sulfonamides is 1. The molecule has 148 valence electrons. The Morgan fingerprint density at radius 3 is 2.68 bits per heavy atom. The van der Waals surface area contributed by atoms with E-state index < -0.39 is 16.0 Å². The third-order valence-electron chi connectivity index (χ3n) is 4.29. The molecule has 1 aromatic heterocycles. The van der Waals surface area contributed by atoms with Gasteiger partial charge in [-0.3, -0.25) is 0 Å². The molecule has 0 atom stereocenters. The summed E-state index contributed by atoms with van der Waals surface area (Å²) in [5, 5.41) is 5.21. The van der Waals surface area contributed by atoms with Gasteiger partial charge >= 0.3 is 5.97 Å². The van der Waals surface area contributed by atoms with Crippen LogP contribution in [0, 0.1) is 0 Å². The minimum Gasteiger partial charge on any atom is -0.454 e. The number of ether oxygens (including phenoxy) is 1. The third-order valence-corrected chi connectivity index (χ3v) is 5.89. The first-order valence-corrected chi connectivity index (χ1v) is 11.1. The summed E-state index contributed by atoms with van der Waals surface area (Å²) in [6.45, 7) is 2.73. The molecule has 9 heteroatoms. The minimum atomic E-state index is -3.82. The second-order valence-corrected chi connectivity index (χ2v) is 8.70. The number of rotatable bonds is 7. The maximum atomic E-state index is 12.4. The van der Waals surface area contributed by atoms with Crippen molar-refractivity contribution in [2.75, 3.05) is 0 Å². The van der Waals surface area contributed by atoms with E-state index in [1.54, 1.807) is 24.3 Å². The van der Waals surface area contributed by atoms with Gasteiger partial charge in [0.05, 0.1) is 21.5 Å². The van der Waals surface area contributed by atoms with Gasteiger partial charge in [0.15, 0.2) is 0 Å². The van der Waals surface area contributed by atoms with E-state index in [4.69, 9.17) is 9.88 Å². The summed E-state index contributed by atoms with van der Waals surface area (Å²) in [4.78, 5) is 16.9. The van der Waals surface area contributed by atoms with Crippen LogP contribution in [0.25, 0.3) is 11.0 Å². The van der Waals surface area contributed by atoms with Crippen LogP contribution in [0.5, 0.6) is 0 Å². The average Bonchev–Trinajstić information content (AvgIpc) is 3.00. The van der Waals surface area contributed by atoms with Crippen LogP contribution in [0.2, 0.25) is 0 Å². The Labute approximate surface area is 171 Å². The number of sulfonamides is 1. The summed E-state index contributed by atoms with van der Waals surface area (Å²) in [6, 6.07) is 11.6. The zero-order valence-corrected chi connectivity index (χ0v) is 17.7. The third kappa shape index (κ3) is 4.43. The Morgan fingerprint density at radius 1 is 1.25 bits per heavy atom. The summed E-state index contributed by atoms with van der Waals surface area (Å²) >= 11 is 3.34. The summed E-state index contributed by atoms with van der Waals surface area (Å²) in [7, 11) is -3.82. The molecule has 0 amide bonds. The number of hydrogen-bond donors (Lipinski definition) is 1. The lowest BCUT2D eigenvalue weighted by atomic mass is 10.2. The van der Waals surface area contributed by atoms with E-state index in [2.05, 4.69) is 27.8 Å². The van der Waals surface area contributed by atoms with Crippen molar-refractivity contribution in [2.24, 2.45) is 5.14 Å². The number of hydrogen-bond acceptors (Lipinski definition) is 5. The standard InChI is InChI=1S/C19H20BrN3O4S/c1-2-3-10-23-17-9-8-13(28(21,25)26)11-16(17)22-18(23)12-27-19(24)14-6-4-5-7-15(14)20/h4-9,11H,2-3,10,12H2,1H3,(H2,21,25,26). The fraction of sp³-hybridized carbons (Fsp3) is 0.263. The van der Waals surface area contributed by atoms with Gasteiger partial charge in [0.2, 0.25) is 10.0 Å². The molecule has 0 aliphatic carbocycles. The van der Waals surface area contributed by atoms with Gasteiger partial charge in [-0.25, -0.2) is 23.3 Å². The maximum absolute atomic E-state index is 12.4. The van der Waals surface area contributed by atoms with Gasteiger partial charge in [-0.15, -0.1) is 0 Å². The van der Waals surface area contributed by atoms with Crippen LogP contribution in [0.15, 0.2) is 51.8 Å². The molecular formula is C19H20BrN3O4S. The van der Waals surface area contributed by atoms with Crippen LogP contribution in [0.3, 0.4) is 0 Å². The lowest BCUT2D eigenvalue weighted by Crippen LogP contribution is -2.12. The minimum absolute atomic E-state index is 0.00287. The summed E-state index contributed by atoms with van der Waals surface area (Å²) in [6.07, 6.45) is 1.89. The van der Waals surface area contributed by atoms with Gasteiger partial charge in [-0.05, 0) is 52.7 Å². The van der Waals surface area contributed by atoms with Crippen molar-refractivity contribution in [3.8, 4) is 0 Å². The lowest BCUT2D eigenvalue weighted by Gasteiger charge is -2.10. The first-order valence-electron chi connectivity index (χ1n) is 8.75. The SMILES string of the molecule is CCCCn1c(COC(=O)c2ccccc2Br)nc2cc(S(N)(=O)=O)ccc21. The highest BCUT2D eigenvalue weighted by Crippen LogP contribution is 2.22. The molecule has 0 fully saturated rings. The van der Waals surface area contributed by atoms with Crippen LogP contribution in [0.1, 0.15) is 35.9 Å². The summed E-state index contributed by atoms with van der Waals surface area (Å²) < 4.78 is 31.3. The van der Waals surface area contributed by atoms with Crippen molar-refractivity contribution in [3.05, 3.63) is 58.3 Å². The smallest absolute Gasteiger partial charge is 0.339 e. The first-order chi connectivity index (χ1) is 13.3. The van der Waals surface area contributed by atoms with E-state index in [9.17, 15) is 13.2 Å². The number of esters is 1. The molecule has 3 aromatic rings. The normalized spacial score (nSPS) is 11.7. The largest absolute Gasteiger partial charge is 0.454 e. The van der Waals surface area contributed by atoms with Crippen molar-refractivity contribution in [1.29, 1.82) is 0 Å². The van der Waals surface area contributed by atoms with Crippen molar-refractivity contribution < 1.29 is 17.9 Å². The predicted molar refractivity (Wildman–Crippen MR) is 109 cm³/mol. The second kappa shape index (κ2) is 8.42.